The van der Waals surface area contributed by atoms with Gasteiger partial charge >= 0.3 is 17.8 Å². The number of amides is 3. The molecule has 0 radical (unpaired) electrons. The number of aryl methyl sites for hydroxylation is 2. The number of ether oxygens (including phenoxy) is 1. The highest BCUT2D eigenvalue weighted by Gasteiger charge is 2.39. The Kier molecular flexibility index (Phi) is 8.44. The van der Waals surface area contributed by atoms with Crippen molar-refractivity contribution in [2.75, 3.05) is 26.2 Å². The van der Waals surface area contributed by atoms with Crippen LogP contribution >= 0.6 is 0 Å². The van der Waals surface area contributed by atoms with Crippen LogP contribution in [0.25, 0.3) is 11.0 Å². The maximum absolute atomic E-state index is 13.8. The maximum Gasteiger partial charge on any atom is 0.417 e. The maximum atomic E-state index is 13.8. The molecular weight excluding hydrogens is 503 g/mol. The van der Waals surface area contributed by atoms with Gasteiger partial charge in [0.15, 0.2) is 0 Å². The molecule has 1 fully saturated rings. The normalized spacial score (nSPS) is 18.2. The number of hydrogen-bond donors (Lipinski definition) is 1. The molecule has 1 aromatic carbocycles. The van der Waals surface area contributed by atoms with Crippen molar-refractivity contribution in [1.82, 2.24) is 15.1 Å². The van der Waals surface area contributed by atoms with Crippen LogP contribution in [0, 0.1) is 0 Å². The van der Waals surface area contributed by atoms with Crippen LogP contribution in [0.1, 0.15) is 56.2 Å². The van der Waals surface area contributed by atoms with Gasteiger partial charge < -0.3 is 9.15 Å². The summed E-state index contributed by atoms with van der Waals surface area (Å²) in [7, 11) is 0. The SMILES string of the molecule is CCCc1cc2c(C(F)(F)F)cc(=O)oc2c(CCC)c1OCCCN1C(=O)CN(C2C=CCCN2)C1=O. The van der Waals surface area contributed by atoms with Crippen molar-refractivity contribution in [2.45, 2.75) is 64.7 Å². The van der Waals surface area contributed by atoms with Crippen molar-refractivity contribution in [2.24, 2.45) is 0 Å². The van der Waals surface area contributed by atoms with Gasteiger partial charge in [-0.25, -0.2) is 9.59 Å². The van der Waals surface area contributed by atoms with Crippen molar-refractivity contribution in [3.8, 4) is 5.75 Å². The molecule has 0 spiro atoms. The van der Waals surface area contributed by atoms with E-state index >= 15 is 0 Å². The van der Waals surface area contributed by atoms with Crippen molar-refractivity contribution >= 4 is 22.9 Å². The summed E-state index contributed by atoms with van der Waals surface area (Å²) in [5.41, 5.74) is -1.20. The molecule has 4 rings (SSSR count). The molecule has 1 unspecified atom stereocenters. The predicted molar refractivity (Wildman–Crippen MR) is 135 cm³/mol. The van der Waals surface area contributed by atoms with Gasteiger partial charge in [0.2, 0.25) is 5.91 Å². The van der Waals surface area contributed by atoms with E-state index in [1.807, 2.05) is 26.0 Å². The van der Waals surface area contributed by atoms with E-state index < -0.39 is 17.4 Å². The van der Waals surface area contributed by atoms with Gasteiger partial charge in [0, 0.05) is 30.1 Å². The molecule has 1 saturated heterocycles. The third-order valence-corrected chi connectivity index (χ3v) is 6.66. The number of urea groups is 1. The average Bonchev–Trinajstić information content (AvgIpc) is 3.16. The zero-order valence-electron chi connectivity index (χ0n) is 21.5. The number of rotatable bonds is 10. The summed E-state index contributed by atoms with van der Waals surface area (Å²) in [6, 6.07) is 1.51. The van der Waals surface area contributed by atoms with E-state index in [0.717, 1.165) is 13.0 Å². The molecule has 0 bridgehead atoms. The minimum atomic E-state index is -4.71. The molecule has 11 heteroatoms. The van der Waals surface area contributed by atoms with Crippen molar-refractivity contribution in [3.05, 3.63) is 51.4 Å². The molecule has 38 heavy (non-hydrogen) atoms. The van der Waals surface area contributed by atoms with Gasteiger partial charge in [0.1, 0.15) is 24.0 Å². The Labute approximate surface area is 218 Å². The van der Waals surface area contributed by atoms with Crippen LogP contribution in [0.5, 0.6) is 5.75 Å². The molecule has 1 atom stereocenters. The fourth-order valence-corrected chi connectivity index (χ4v) is 4.97. The van der Waals surface area contributed by atoms with Gasteiger partial charge in [-0.1, -0.05) is 38.8 Å². The molecule has 0 aliphatic carbocycles. The van der Waals surface area contributed by atoms with Crippen LogP contribution in [0.3, 0.4) is 0 Å². The quantitative estimate of drug-likeness (QED) is 0.207. The summed E-state index contributed by atoms with van der Waals surface area (Å²) < 4.78 is 52.7. The fraction of sp³-hybridized carbons (Fsp3) is 0.519. The lowest BCUT2D eigenvalue weighted by Gasteiger charge is -2.27. The van der Waals surface area contributed by atoms with Crippen molar-refractivity contribution < 1.29 is 31.9 Å². The number of carbonyl (C=O) groups excluding carboxylic acids is 2. The number of nitrogens with one attached hydrogen (secondary N) is 1. The van der Waals surface area contributed by atoms with E-state index in [2.05, 4.69) is 5.32 Å². The van der Waals surface area contributed by atoms with Gasteiger partial charge in [0.05, 0.1) is 12.2 Å². The van der Waals surface area contributed by atoms with E-state index in [4.69, 9.17) is 9.15 Å². The summed E-state index contributed by atoms with van der Waals surface area (Å²) in [5.74, 6) is 0.113. The zero-order valence-corrected chi connectivity index (χ0v) is 21.5. The van der Waals surface area contributed by atoms with Crippen LogP contribution in [0.15, 0.2) is 33.5 Å². The standard InChI is InChI=1S/C27H32F3N3O5/c1-3-8-17-14-19-20(27(28,29)30)15-23(35)38-25(19)18(9-4-2)24(17)37-13-7-12-32-22(34)16-33(26(32)36)21-10-5-6-11-31-21/h5,10,14-15,21,31H,3-4,6-9,11-13,16H2,1-2H3. The first kappa shape index (κ1) is 27.7. The first-order chi connectivity index (χ1) is 18.2. The number of imide groups is 1. The third kappa shape index (κ3) is 5.72. The number of hydrogen-bond acceptors (Lipinski definition) is 6. The first-order valence-electron chi connectivity index (χ1n) is 13.0. The molecule has 206 valence electrons. The lowest BCUT2D eigenvalue weighted by Crippen LogP contribution is -2.48. The molecule has 3 amide bonds. The summed E-state index contributed by atoms with van der Waals surface area (Å²) in [4.78, 5) is 40.1. The largest absolute Gasteiger partial charge is 0.493 e. The Bertz CT molecular complexity index is 1290. The van der Waals surface area contributed by atoms with E-state index in [9.17, 15) is 27.6 Å². The van der Waals surface area contributed by atoms with Crippen molar-refractivity contribution in [3.63, 3.8) is 0 Å². The summed E-state index contributed by atoms with van der Waals surface area (Å²) in [5, 5.41) is 3.05. The molecule has 3 heterocycles. The van der Waals surface area contributed by atoms with E-state index in [1.54, 1.807) is 0 Å². The van der Waals surface area contributed by atoms with Gasteiger partial charge in [-0.05, 0) is 37.3 Å². The molecule has 2 aliphatic rings. The first-order valence-corrected chi connectivity index (χ1v) is 13.0. The van der Waals surface area contributed by atoms with Gasteiger partial charge in [-0.2, -0.15) is 13.2 Å². The van der Waals surface area contributed by atoms with Crippen LogP contribution in [0.4, 0.5) is 18.0 Å². The molecule has 8 nitrogen and oxygen atoms in total. The number of halogens is 3. The van der Waals surface area contributed by atoms with Crippen LogP contribution in [-0.4, -0.2) is 54.1 Å². The minimum Gasteiger partial charge on any atom is -0.493 e. The predicted octanol–water partition coefficient (Wildman–Crippen LogP) is 4.63. The second-order valence-corrected chi connectivity index (χ2v) is 9.47. The topological polar surface area (TPSA) is 92.1 Å². The highest BCUT2D eigenvalue weighted by Crippen LogP contribution is 2.40. The molecule has 2 aliphatic heterocycles. The summed E-state index contributed by atoms with van der Waals surface area (Å²) in [6.45, 7) is 4.78. The lowest BCUT2D eigenvalue weighted by atomic mass is 9.96. The number of alkyl halides is 3. The van der Waals surface area contributed by atoms with E-state index in [1.165, 1.54) is 15.9 Å². The molecular formula is C27H32F3N3O5. The Balaban J connectivity index is 1.55. The Hall–Kier alpha value is -3.34. The molecule has 1 N–H and O–H groups in total. The molecule has 0 saturated carbocycles. The third-order valence-electron chi connectivity index (χ3n) is 6.66. The van der Waals surface area contributed by atoms with Crippen LogP contribution < -0.4 is 15.7 Å². The van der Waals surface area contributed by atoms with Crippen LogP contribution in [0.2, 0.25) is 0 Å². The smallest absolute Gasteiger partial charge is 0.417 e. The Morgan fingerprint density at radius 3 is 2.55 bits per heavy atom. The van der Waals surface area contributed by atoms with Crippen molar-refractivity contribution in [1.29, 1.82) is 0 Å². The fourth-order valence-electron chi connectivity index (χ4n) is 4.97. The highest BCUT2D eigenvalue weighted by atomic mass is 19.4. The number of fused-ring (bicyclic) bond motifs is 1. The van der Waals surface area contributed by atoms with E-state index in [0.29, 0.717) is 55.0 Å². The monoisotopic (exact) mass is 535 g/mol. The summed E-state index contributed by atoms with van der Waals surface area (Å²) in [6.07, 6.45) is 2.10. The minimum absolute atomic E-state index is 0.00571. The van der Waals surface area contributed by atoms with E-state index in [-0.39, 0.29) is 48.8 Å². The summed E-state index contributed by atoms with van der Waals surface area (Å²) >= 11 is 0. The Morgan fingerprint density at radius 1 is 1.13 bits per heavy atom. The van der Waals surface area contributed by atoms with Crippen LogP contribution in [-0.2, 0) is 23.8 Å². The number of benzene rings is 1. The average molecular weight is 536 g/mol. The lowest BCUT2D eigenvalue weighted by molar-refractivity contribution is -0.136. The second-order valence-electron chi connectivity index (χ2n) is 9.47. The zero-order chi connectivity index (χ0) is 27.4. The van der Waals surface area contributed by atoms with Gasteiger partial charge in [-0.3, -0.25) is 19.9 Å². The number of carbonyl (C=O) groups is 2. The second kappa shape index (κ2) is 11.6. The van der Waals surface area contributed by atoms with Gasteiger partial charge in [-0.15, -0.1) is 0 Å². The highest BCUT2D eigenvalue weighted by molar-refractivity contribution is 6.02. The Morgan fingerprint density at radius 2 is 1.89 bits per heavy atom. The molecule has 1 aromatic heterocycles. The van der Waals surface area contributed by atoms with Gasteiger partial charge in [0.25, 0.3) is 0 Å². The number of nitrogens with zero attached hydrogens (tertiary/aromatic N) is 2. The molecule has 2 aromatic rings.